The van der Waals surface area contributed by atoms with Crippen LogP contribution in [0.25, 0.3) is 32.3 Å². The molecule has 41 heteroatoms. The Balaban J connectivity index is 0.000000242. The third-order valence-electron chi connectivity index (χ3n) is 24.5. The first-order valence-electron chi connectivity index (χ1n) is 51.1. The summed E-state index contributed by atoms with van der Waals surface area (Å²) in [5.41, 5.74) is 2.01. The maximum absolute atomic E-state index is 14.4. The van der Waals surface area contributed by atoms with Crippen molar-refractivity contribution >= 4 is 110 Å². The van der Waals surface area contributed by atoms with Crippen LogP contribution in [-0.2, 0) is 52.6 Å². The van der Waals surface area contributed by atoms with Crippen LogP contribution >= 0.6 is 0 Å². The van der Waals surface area contributed by atoms with Crippen LogP contribution in [0.3, 0.4) is 0 Å². The van der Waals surface area contributed by atoms with Crippen LogP contribution in [0.1, 0.15) is 261 Å². The van der Waals surface area contributed by atoms with Crippen molar-refractivity contribution in [2.24, 2.45) is 16.6 Å². The molecule has 6 aromatic rings. The summed E-state index contributed by atoms with van der Waals surface area (Å²) in [6, 6.07) is 14.3. The van der Waals surface area contributed by atoms with Crippen molar-refractivity contribution in [2.45, 2.75) is 380 Å². The number of nitrogens with zero attached hydrogens (tertiary/aromatic N) is 6. The molecular weight excluding hydrogens is 1910 g/mol. The molecule has 0 radical (unpaired) electrons. The lowest BCUT2D eigenvalue weighted by Gasteiger charge is -2.36. The number of carboxylic acid groups (broad SMARTS) is 2. The molecule has 6 heterocycles. The Morgan fingerprint density at radius 2 is 0.784 bits per heavy atom. The van der Waals surface area contributed by atoms with E-state index in [1.807, 2.05) is 137 Å². The molecule has 0 bridgehead atoms. The van der Waals surface area contributed by atoms with Crippen molar-refractivity contribution in [3.05, 3.63) is 91.4 Å². The van der Waals surface area contributed by atoms with E-state index in [4.69, 9.17) is 48.7 Å². The van der Waals surface area contributed by atoms with Crippen LogP contribution in [0.4, 0.5) is 19.2 Å². The average molecular weight is 2070 g/mol. The number of hydrogen-bond acceptors (Lipinski definition) is 27. The van der Waals surface area contributed by atoms with Gasteiger partial charge in [0.05, 0.1) is 53.0 Å². The Hall–Kier alpha value is -12.9. The van der Waals surface area contributed by atoms with Gasteiger partial charge in [0, 0.05) is 89.3 Å². The van der Waals surface area contributed by atoms with Crippen molar-refractivity contribution in [2.75, 3.05) is 41.0 Å². The third kappa shape index (κ3) is 38.0. The normalized spacial score (nSPS) is 19.1. The number of benzene rings is 3. The van der Waals surface area contributed by atoms with E-state index < -0.39 is 178 Å². The number of nitrogens with one attached hydrogen (secondary N) is 9. The van der Waals surface area contributed by atoms with E-state index in [0.717, 1.165) is 96.5 Å². The molecular formula is C107H160N16O25. The van der Waals surface area contributed by atoms with Crippen LogP contribution in [-0.4, -0.2) is 288 Å². The molecule has 818 valence electrons. The molecule has 13 atom stereocenters. The maximum atomic E-state index is 14.4. The molecule has 3 aliphatic heterocycles. The number of rotatable bonds is 36. The van der Waals surface area contributed by atoms with E-state index in [9.17, 15) is 77.6 Å². The summed E-state index contributed by atoms with van der Waals surface area (Å²) in [4.78, 5) is 182. The van der Waals surface area contributed by atoms with Crippen molar-refractivity contribution < 1.29 is 121 Å². The Morgan fingerprint density at radius 1 is 0.432 bits per heavy atom. The second-order valence-electron chi connectivity index (χ2n) is 44.6. The summed E-state index contributed by atoms with van der Waals surface area (Å²) in [5.74, 6) is -2.67. The Bertz CT molecular complexity index is 5540. The lowest BCUT2D eigenvalue weighted by molar-refractivity contribution is -0.144. The van der Waals surface area contributed by atoms with Gasteiger partial charge >= 0.3 is 36.2 Å². The largest absolute Gasteiger partial charge is 0.497 e. The number of pyridine rings is 3. The van der Waals surface area contributed by atoms with Crippen LogP contribution in [0, 0.1) is 10.8 Å². The summed E-state index contributed by atoms with van der Waals surface area (Å²) in [7, 11) is 4.77. The smallest absolute Gasteiger partial charge is 0.411 e. The first-order chi connectivity index (χ1) is 69.2. The number of fused-ring (bicyclic) bond motifs is 3. The third-order valence-corrected chi connectivity index (χ3v) is 24.5. The van der Waals surface area contributed by atoms with Gasteiger partial charge < -0.3 is 117 Å². The van der Waals surface area contributed by atoms with E-state index >= 15 is 0 Å². The fraction of sp³-hybridized carbons (Fsp3) is 0.626. The van der Waals surface area contributed by atoms with E-state index in [2.05, 4.69) is 69.7 Å². The van der Waals surface area contributed by atoms with Crippen LogP contribution in [0.2, 0.25) is 0 Å². The summed E-state index contributed by atoms with van der Waals surface area (Å²) in [5, 5.41) is 68.5. The molecule has 12 amide bonds. The van der Waals surface area contributed by atoms with Crippen LogP contribution in [0.5, 0.6) is 34.9 Å². The highest BCUT2D eigenvalue weighted by atomic mass is 16.6. The first kappa shape index (κ1) is 120. The number of nitrogens with two attached hydrogens (primary N) is 1. The number of amides is 12. The van der Waals surface area contributed by atoms with Crippen LogP contribution in [0.15, 0.2) is 91.4 Å². The van der Waals surface area contributed by atoms with Crippen molar-refractivity contribution in [1.29, 1.82) is 0 Å². The number of carbonyl (C=O) groups excluding carboxylic acids is 11. The topological polar surface area (TPSA) is 559 Å². The van der Waals surface area contributed by atoms with Gasteiger partial charge in [0.15, 0.2) is 6.10 Å². The lowest BCUT2D eigenvalue weighted by Crippen LogP contribution is -2.61. The number of likely N-dealkylation sites (tertiary alicyclic amines) is 3. The molecule has 3 saturated carbocycles. The number of Topliss-reactive ketones (excluding diaryl/α,β-unsaturated/α-hetero) is 1. The van der Waals surface area contributed by atoms with Gasteiger partial charge in [-0.2, -0.15) is 0 Å². The van der Waals surface area contributed by atoms with Gasteiger partial charge in [0.1, 0.15) is 83.1 Å². The molecule has 6 fully saturated rings. The standard InChI is InChI=1S/C36H52N6O7.C30H42N4O7.C20H24N2O6.C11H22N2O3.C10H20N2O2/c1-9-10-11-26(28(43)31(45)38-22-12-13-22)39-30(44)27-19-24(49-32-25-15-14-23(48-8)18-21(25)16-17-37-32)20-42(27)33(46)29(35(2,3)4)40-34(47)41-36(5,6)7;1-6-7-8-23(25(35)27(37)32-19-9-10-19)33-26(36)24-16-21(17-34(24)29(38)41-30(2,3)4)40-28-22-12-11-20(39-5)15-18(22)13-14-31-28;1-20(2,3)28-19(25)22-11-14(10-16(22)18(23)24)27-17-15-6-5-13(26-4)9-12(15)7-8-21-17;1-10(2,3)7(8(14)15)12-9(16)13-11(4,5)6;1-2-3-4-8(11)9(13)10(14)12-7-5-6-7/h14-18,22,24,26-27,29H,9-13,19-20H2,1-8H3,(H,38,45)(H,39,44)(H2,40,41,47);11-15,19,21,23-25,35H,6-10,16-17H2,1-5H3,(H,32,37)(H,33,36);5-9,14,16H,10-11H2,1-4H3,(H,23,24);7H,1-6H3,(H,14,15)(H2,12,13,16);7-9,13H,2-6,11H2,1H3,(H,12,14)/t24?,26-,27-,29+;21?,23-,24-,25?;14?,16-;7-;8-,9?/m00010/s1. The molecule has 6 aliphatic rings. The number of ketones is 1. The predicted octanol–water partition coefficient (Wildman–Crippen LogP) is 11.8. The number of ether oxygens (including phenoxy) is 8. The predicted molar refractivity (Wildman–Crippen MR) is 556 cm³/mol. The zero-order chi connectivity index (χ0) is 110. The molecule has 3 saturated heterocycles. The number of hydrogen-bond donors (Lipinski definition) is 14. The first-order valence-corrected chi connectivity index (χ1v) is 51.1. The van der Waals surface area contributed by atoms with E-state index in [-0.39, 0.29) is 74.9 Å². The minimum Gasteiger partial charge on any atom is -0.497 e. The number of aliphatic hydroxyl groups is 2. The number of aliphatic carboxylic acids is 2. The van der Waals surface area contributed by atoms with Gasteiger partial charge in [-0.25, -0.2) is 43.7 Å². The molecule has 148 heavy (non-hydrogen) atoms. The number of carbonyl (C=O) groups is 13. The SMILES string of the molecule is CC(C)(C)NC(=O)N[C@H](C(=O)O)C(C)(C)C.CCCC[C@H](N)C(O)C(=O)NC1CC1.CCCC[C@H](NC(=O)[C@@H]1CC(Oc2nccc3cc(OC)ccc23)CN1C(=O)OC(C)(C)C)C(O)C(=O)NC1CC1.CCCC[C@H](NC(=O)[C@@H]1CC(Oc2nccc3cc(OC)ccc23)CN1C(=O)[C@@H](NC(=O)NC(C)(C)C)C(C)(C)C)C(=O)C(=O)NC1CC1.COc1ccc2c(OC3C[C@@H](C(=O)O)N(C(=O)OC(C)(C)C)C3)nccc2c1. The summed E-state index contributed by atoms with van der Waals surface area (Å²) in [6.07, 6.45) is 11.6. The maximum Gasteiger partial charge on any atom is 0.411 e. The van der Waals surface area contributed by atoms with E-state index in [0.29, 0.717) is 60.6 Å². The molecule has 41 nitrogen and oxygen atoms in total. The monoisotopic (exact) mass is 2070 g/mol. The van der Waals surface area contributed by atoms with Crippen molar-refractivity contribution in [3.8, 4) is 34.9 Å². The van der Waals surface area contributed by atoms with E-state index in [1.54, 1.807) is 114 Å². The minimum absolute atomic E-state index is 0.0130. The molecule has 3 aliphatic carbocycles. The van der Waals surface area contributed by atoms with Gasteiger partial charge in [-0.05, 0) is 241 Å². The van der Waals surface area contributed by atoms with Gasteiger partial charge in [-0.1, -0.05) is 101 Å². The quantitative estimate of drug-likeness (QED) is 0.0162. The molecule has 12 rings (SSSR count). The summed E-state index contributed by atoms with van der Waals surface area (Å²) in [6.45, 7) is 38.5. The number of unbranched alkanes of at least 4 members (excludes halogenated alkanes) is 3. The van der Waals surface area contributed by atoms with Gasteiger partial charge in [0.25, 0.3) is 17.7 Å². The number of urea groups is 2. The summed E-state index contributed by atoms with van der Waals surface area (Å²) < 4.78 is 45.5. The van der Waals surface area contributed by atoms with Crippen molar-refractivity contribution in [1.82, 2.24) is 77.5 Å². The minimum atomic E-state index is -1.40. The Kier molecular flexibility index (Phi) is 43.3. The molecule has 3 aromatic carbocycles. The summed E-state index contributed by atoms with van der Waals surface area (Å²) >= 11 is 0. The Labute approximate surface area is 867 Å². The van der Waals surface area contributed by atoms with Gasteiger partial charge in [-0.15, -0.1) is 0 Å². The van der Waals surface area contributed by atoms with Gasteiger partial charge in [-0.3, -0.25) is 43.4 Å². The highest BCUT2D eigenvalue weighted by molar-refractivity contribution is 6.38. The number of carboxylic acids is 2. The highest BCUT2D eigenvalue weighted by Gasteiger charge is 2.50. The lowest BCUT2D eigenvalue weighted by atomic mass is 9.85. The zero-order valence-corrected chi connectivity index (χ0v) is 90.4. The number of aromatic nitrogens is 3. The van der Waals surface area contributed by atoms with Gasteiger partial charge in [0.2, 0.25) is 41.1 Å². The average Bonchev–Trinajstić information content (AvgIpc) is 1.70. The van der Waals surface area contributed by atoms with E-state index in [1.165, 1.54) is 14.7 Å². The Morgan fingerprint density at radius 3 is 1.15 bits per heavy atom. The molecule has 0 spiro atoms. The fourth-order valence-corrected chi connectivity index (χ4v) is 16.3. The van der Waals surface area contributed by atoms with Crippen molar-refractivity contribution in [3.63, 3.8) is 0 Å². The van der Waals surface area contributed by atoms with Crippen LogP contribution < -0.4 is 82.0 Å². The molecule has 5 unspecified atom stereocenters. The zero-order valence-electron chi connectivity index (χ0n) is 90.4. The second-order valence-corrected chi connectivity index (χ2v) is 44.6. The fourth-order valence-electron chi connectivity index (χ4n) is 16.3. The molecule has 3 aromatic heterocycles. The second kappa shape index (κ2) is 53.3. The molecule has 15 N–H and O–H groups in total. The number of aliphatic hydroxyl groups excluding tert-OH is 2. The highest BCUT2D eigenvalue weighted by Crippen LogP contribution is 2.37. The number of methoxy groups -OCH3 is 3.